The van der Waals surface area contributed by atoms with Gasteiger partial charge in [-0.15, -0.1) is 11.6 Å². The zero-order chi connectivity index (χ0) is 14.5. The van der Waals surface area contributed by atoms with E-state index in [2.05, 4.69) is 5.32 Å². The first-order valence-electron chi connectivity index (χ1n) is 6.34. The van der Waals surface area contributed by atoms with Crippen LogP contribution in [0.15, 0.2) is 48.5 Å². The molecule has 1 unspecified atom stereocenters. The normalized spacial score (nSPS) is 11.9. The van der Waals surface area contributed by atoms with Crippen LogP contribution in [0.1, 0.15) is 27.5 Å². The standard InChI is InChI=1S/C16H16ClNO2/c1-11-13(8-5-9-15(11)19)16(20)18-14(10-17)12-6-3-2-4-7-12/h2-9,14,19H,10H2,1H3,(H,18,20). The lowest BCUT2D eigenvalue weighted by Gasteiger charge is -2.17. The van der Waals surface area contributed by atoms with E-state index in [1.165, 1.54) is 0 Å². The summed E-state index contributed by atoms with van der Waals surface area (Å²) in [6, 6.07) is 14.2. The molecule has 0 saturated carbocycles. The van der Waals surface area contributed by atoms with Crippen LogP contribution in [0.2, 0.25) is 0 Å². The number of phenols is 1. The molecule has 0 spiro atoms. The van der Waals surface area contributed by atoms with Gasteiger partial charge in [-0.1, -0.05) is 36.4 Å². The molecule has 0 saturated heterocycles. The van der Waals surface area contributed by atoms with Crippen molar-refractivity contribution in [3.8, 4) is 5.75 Å². The third-order valence-electron chi connectivity index (χ3n) is 3.21. The molecule has 0 aromatic heterocycles. The third-order valence-corrected chi connectivity index (χ3v) is 3.52. The summed E-state index contributed by atoms with van der Waals surface area (Å²) >= 11 is 5.94. The van der Waals surface area contributed by atoms with Crippen molar-refractivity contribution in [2.45, 2.75) is 13.0 Å². The lowest BCUT2D eigenvalue weighted by molar-refractivity contribution is 0.0939. The first kappa shape index (κ1) is 14.4. The Labute approximate surface area is 123 Å². The number of carbonyl (C=O) groups excluding carboxylic acids is 1. The average Bonchev–Trinajstić information content (AvgIpc) is 2.48. The van der Waals surface area contributed by atoms with Crippen LogP contribution in [0, 0.1) is 6.92 Å². The lowest BCUT2D eigenvalue weighted by atomic mass is 10.0. The molecule has 4 heteroatoms. The molecular formula is C16H16ClNO2. The molecule has 0 bridgehead atoms. The number of hydrogen-bond acceptors (Lipinski definition) is 2. The van der Waals surface area contributed by atoms with E-state index in [4.69, 9.17) is 11.6 Å². The van der Waals surface area contributed by atoms with E-state index in [9.17, 15) is 9.90 Å². The van der Waals surface area contributed by atoms with E-state index >= 15 is 0 Å². The number of benzene rings is 2. The Morgan fingerprint density at radius 3 is 2.55 bits per heavy atom. The molecule has 0 heterocycles. The van der Waals surface area contributed by atoms with Gasteiger partial charge in [0, 0.05) is 17.0 Å². The van der Waals surface area contributed by atoms with Crippen molar-refractivity contribution >= 4 is 17.5 Å². The number of amides is 1. The summed E-state index contributed by atoms with van der Waals surface area (Å²) in [4.78, 5) is 12.3. The van der Waals surface area contributed by atoms with E-state index in [0.717, 1.165) is 5.56 Å². The van der Waals surface area contributed by atoms with Crippen molar-refractivity contribution in [3.05, 3.63) is 65.2 Å². The zero-order valence-corrected chi connectivity index (χ0v) is 11.9. The van der Waals surface area contributed by atoms with Crippen LogP contribution in [0.3, 0.4) is 0 Å². The Morgan fingerprint density at radius 2 is 1.90 bits per heavy atom. The molecule has 0 radical (unpaired) electrons. The molecule has 2 aromatic carbocycles. The highest BCUT2D eigenvalue weighted by Gasteiger charge is 2.17. The summed E-state index contributed by atoms with van der Waals surface area (Å²) in [5.41, 5.74) is 1.97. The molecule has 2 rings (SSSR count). The van der Waals surface area contributed by atoms with E-state index in [1.54, 1.807) is 25.1 Å². The molecule has 1 atom stereocenters. The summed E-state index contributed by atoms with van der Waals surface area (Å²) in [6.07, 6.45) is 0. The maximum absolute atomic E-state index is 12.3. The molecular weight excluding hydrogens is 274 g/mol. The van der Waals surface area contributed by atoms with Crippen molar-refractivity contribution in [3.63, 3.8) is 0 Å². The highest BCUT2D eigenvalue weighted by atomic mass is 35.5. The summed E-state index contributed by atoms with van der Waals surface area (Å²) in [6.45, 7) is 1.71. The van der Waals surface area contributed by atoms with Crippen LogP contribution in [0.5, 0.6) is 5.75 Å². The summed E-state index contributed by atoms with van der Waals surface area (Å²) in [7, 11) is 0. The van der Waals surface area contributed by atoms with Gasteiger partial charge in [0.15, 0.2) is 0 Å². The second-order valence-corrected chi connectivity index (χ2v) is 4.85. The molecule has 20 heavy (non-hydrogen) atoms. The van der Waals surface area contributed by atoms with Gasteiger partial charge in [0.2, 0.25) is 0 Å². The Hall–Kier alpha value is -2.00. The molecule has 0 aliphatic heterocycles. The highest BCUT2D eigenvalue weighted by molar-refractivity contribution is 6.18. The van der Waals surface area contributed by atoms with Crippen LogP contribution >= 0.6 is 11.6 Å². The van der Waals surface area contributed by atoms with E-state index in [0.29, 0.717) is 11.1 Å². The molecule has 0 fully saturated rings. The fourth-order valence-electron chi connectivity index (χ4n) is 2.00. The smallest absolute Gasteiger partial charge is 0.252 e. The fourth-order valence-corrected chi connectivity index (χ4v) is 2.26. The summed E-state index contributed by atoms with van der Waals surface area (Å²) in [5, 5.41) is 12.5. The minimum atomic E-state index is -0.257. The maximum atomic E-state index is 12.3. The van der Waals surface area contributed by atoms with Crippen LogP contribution in [-0.2, 0) is 0 Å². The van der Waals surface area contributed by atoms with Gasteiger partial charge in [-0.2, -0.15) is 0 Å². The number of aromatic hydroxyl groups is 1. The van der Waals surface area contributed by atoms with Crippen LogP contribution < -0.4 is 5.32 Å². The monoisotopic (exact) mass is 289 g/mol. The third kappa shape index (κ3) is 3.11. The van der Waals surface area contributed by atoms with Crippen molar-refractivity contribution in [2.24, 2.45) is 0 Å². The first-order valence-corrected chi connectivity index (χ1v) is 6.87. The zero-order valence-electron chi connectivity index (χ0n) is 11.1. The first-order chi connectivity index (χ1) is 9.63. The van der Waals surface area contributed by atoms with E-state index < -0.39 is 0 Å². The Morgan fingerprint density at radius 1 is 1.20 bits per heavy atom. The van der Waals surface area contributed by atoms with Gasteiger partial charge in [-0.05, 0) is 24.6 Å². The molecule has 3 nitrogen and oxygen atoms in total. The van der Waals surface area contributed by atoms with Gasteiger partial charge in [0.1, 0.15) is 5.75 Å². The summed E-state index contributed by atoms with van der Waals surface area (Å²) in [5.74, 6) is 0.154. The van der Waals surface area contributed by atoms with Gasteiger partial charge >= 0.3 is 0 Å². The number of halogens is 1. The number of rotatable bonds is 4. The molecule has 2 aromatic rings. The second-order valence-electron chi connectivity index (χ2n) is 4.54. The fraction of sp³-hybridized carbons (Fsp3) is 0.188. The largest absolute Gasteiger partial charge is 0.508 e. The molecule has 0 aliphatic rings. The summed E-state index contributed by atoms with van der Waals surface area (Å²) < 4.78 is 0. The maximum Gasteiger partial charge on any atom is 0.252 e. The van der Waals surface area contributed by atoms with Crippen molar-refractivity contribution in [1.82, 2.24) is 5.32 Å². The van der Waals surface area contributed by atoms with Crippen LogP contribution in [0.4, 0.5) is 0 Å². The van der Waals surface area contributed by atoms with E-state index in [-0.39, 0.29) is 23.6 Å². The van der Waals surface area contributed by atoms with Gasteiger partial charge < -0.3 is 10.4 Å². The van der Waals surface area contributed by atoms with Crippen LogP contribution in [-0.4, -0.2) is 16.9 Å². The lowest BCUT2D eigenvalue weighted by Crippen LogP contribution is -2.30. The average molecular weight is 290 g/mol. The predicted octanol–water partition coefficient (Wildman–Crippen LogP) is 3.41. The number of phenolic OH excluding ortho intramolecular Hbond substituents is 1. The highest BCUT2D eigenvalue weighted by Crippen LogP contribution is 2.21. The molecule has 104 valence electrons. The quantitative estimate of drug-likeness (QED) is 0.848. The van der Waals surface area contributed by atoms with Crippen LogP contribution in [0.25, 0.3) is 0 Å². The SMILES string of the molecule is Cc1c(O)cccc1C(=O)NC(CCl)c1ccccc1. The van der Waals surface area contributed by atoms with Gasteiger partial charge in [0.25, 0.3) is 5.91 Å². The Balaban J connectivity index is 2.20. The molecule has 0 aliphatic carbocycles. The van der Waals surface area contributed by atoms with Gasteiger partial charge in [0.05, 0.1) is 6.04 Å². The van der Waals surface area contributed by atoms with Crippen molar-refractivity contribution < 1.29 is 9.90 Å². The predicted molar refractivity (Wildman–Crippen MR) is 80.2 cm³/mol. The minimum Gasteiger partial charge on any atom is -0.508 e. The number of nitrogens with one attached hydrogen (secondary N) is 1. The molecule has 1 amide bonds. The minimum absolute atomic E-state index is 0.111. The number of hydrogen-bond donors (Lipinski definition) is 2. The second kappa shape index (κ2) is 6.44. The van der Waals surface area contributed by atoms with Gasteiger partial charge in [-0.25, -0.2) is 0 Å². The Bertz CT molecular complexity index is 599. The number of carbonyl (C=O) groups is 1. The topological polar surface area (TPSA) is 49.3 Å². The van der Waals surface area contributed by atoms with Crippen molar-refractivity contribution in [2.75, 3.05) is 5.88 Å². The van der Waals surface area contributed by atoms with Crippen molar-refractivity contribution in [1.29, 1.82) is 0 Å². The molecule has 2 N–H and O–H groups in total. The number of alkyl halides is 1. The Kier molecular flexibility index (Phi) is 4.64. The van der Waals surface area contributed by atoms with Gasteiger partial charge in [-0.3, -0.25) is 4.79 Å². The van der Waals surface area contributed by atoms with E-state index in [1.807, 2.05) is 30.3 Å².